The van der Waals surface area contributed by atoms with Crippen molar-refractivity contribution < 1.29 is 9.53 Å². The Kier molecular flexibility index (Phi) is 4.08. The number of hydrogen-bond donors (Lipinski definition) is 1. The number of hydrogen-bond acceptors (Lipinski definition) is 4. The summed E-state index contributed by atoms with van der Waals surface area (Å²) in [6, 6.07) is 15.0. The molecule has 0 spiro atoms. The second-order valence-corrected chi connectivity index (χ2v) is 6.33. The summed E-state index contributed by atoms with van der Waals surface area (Å²) in [5.41, 5.74) is 9.35. The SMILES string of the molecule is Cc1cc(-c2cc(Oc3cccc4c3cnn4C)ccn2)ccc1C(N)=O. The Labute approximate surface area is 156 Å². The lowest BCUT2D eigenvalue weighted by Gasteiger charge is -2.09. The van der Waals surface area contributed by atoms with Crippen LogP contribution in [0.1, 0.15) is 15.9 Å². The van der Waals surface area contributed by atoms with Gasteiger partial charge >= 0.3 is 0 Å². The largest absolute Gasteiger partial charge is 0.456 e. The summed E-state index contributed by atoms with van der Waals surface area (Å²) in [4.78, 5) is 15.8. The number of primary amides is 1. The summed E-state index contributed by atoms with van der Waals surface area (Å²) in [7, 11) is 1.90. The molecule has 0 aliphatic carbocycles. The zero-order valence-corrected chi connectivity index (χ0v) is 15.0. The third kappa shape index (κ3) is 3.13. The standard InChI is InChI=1S/C21H18N4O2/c1-13-10-14(6-7-16(13)21(22)26)18-11-15(8-9-23-18)27-20-5-3-4-19-17(20)12-24-25(19)2/h3-12H,1-2H3,(H2,22,26). The van der Waals surface area contributed by atoms with E-state index in [9.17, 15) is 4.79 Å². The van der Waals surface area contributed by atoms with E-state index in [1.807, 2.05) is 61.1 Å². The number of amides is 1. The van der Waals surface area contributed by atoms with Crippen LogP contribution in [-0.4, -0.2) is 20.7 Å². The number of carbonyl (C=O) groups is 1. The fourth-order valence-electron chi connectivity index (χ4n) is 3.10. The molecule has 0 saturated carbocycles. The molecule has 0 radical (unpaired) electrons. The summed E-state index contributed by atoms with van der Waals surface area (Å²) in [5, 5.41) is 5.23. The van der Waals surface area contributed by atoms with Crippen molar-refractivity contribution in [3.05, 3.63) is 72.1 Å². The van der Waals surface area contributed by atoms with E-state index < -0.39 is 5.91 Å². The first kappa shape index (κ1) is 16.8. The van der Waals surface area contributed by atoms with Gasteiger partial charge in [-0.05, 0) is 42.8 Å². The zero-order chi connectivity index (χ0) is 19.0. The van der Waals surface area contributed by atoms with Gasteiger partial charge in [0.25, 0.3) is 0 Å². The predicted octanol–water partition coefficient (Wildman–Crippen LogP) is 3.83. The van der Waals surface area contributed by atoms with E-state index in [2.05, 4.69) is 10.1 Å². The zero-order valence-electron chi connectivity index (χ0n) is 15.0. The highest BCUT2D eigenvalue weighted by Crippen LogP contribution is 2.31. The molecule has 0 saturated heterocycles. The van der Waals surface area contributed by atoms with Crippen LogP contribution in [0.25, 0.3) is 22.2 Å². The molecule has 4 rings (SSSR count). The number of rotatable bonds is 4. The van der Waals surface area contributed by atoms with Crippen LogP contribution in [0.3, 0.4) is 0 Å². The molecule has 2 aromatic carbocycles. The van der Waals surface area contributed by atoms with Gasteiger partial charge in [-0.3, -0.25) is 14.5 Å². The van der Waals surface area contributed by atoms with Gasteiger partial charge < -0.3 is 10.5 Å². The first-order valence-corrected chi connectivity index (χ1v) is 8.48. The number of nitrogens with two attached hydrogens (primary N) is 1. The predicted molar refractivity (Wildman–Crippen MR) is 104 cm³/mol. The Morgan fingerprint density at radius 1 is 1.15 bits per heavy atom. The lowest BCUT2D eigenvalue weighted by molar-refractivity contribution is 0.0999. The quantitative estimate of drug-likeness (QED) is 0.601. The van der Waals surface area contributed by atoms with Crippen molar-refractivity contribution in [1.82, 2.24) is 14.8 Å². The van der Waals surface area contributed by atoms with Crippen LogP contribution in [0.2, 0.25) is 0 Å². The number of benzene rings is 2. The molecule has 6 nitrogen and oxygen atoms in total. The van der Waals surface area contributed by atoms with E-state index in [0.29, 0.717) is 11.3 Å². The normalized spacial score (nSPS) is 10.9. The van der Waals surface area contributed by atoms with E-state index in [1.54, 1.807) is 18.5 Å². The summed E-state index contributed by atoms with van der Waals surface area (Å²) in [6.45, 7) is 1.85. The fraction of sp³-hybridized carbons (Fsp3) is 0.0952. The Morgan fingerprint density at radius 2 is 2.00 bits per heavy atom. The summed E-state index contributed by atoms with van der Waals surface area (Å²) in [5.74, 6) is 0.972. The third-order valence-electron chi connectivity index (χ3n) is 4.50. The van der Waals surface area contributed by atoms with Crippen molar-refractivity contribution in [2.24, 2.45) is 12.8 Å². The fourth-order valence-corrected chi connectivity index (χ4v) is 3.10. The van der Waals surface area contributed by atoms with Gasteiger partial charge in [0.2, 0.25) is 5.91 Å². The van der Waals surface area contributed by atoms with Crippen molar-refractivity contribution in [3.63, 3.8) is 0 Å². The van der Waals surface area contributed by atoms with Gasteiger partial charge in [0.05, 0.1) is 22.8 Å². The molecule has 0 aliphatic rings. The maximum absolute atomic E-state index is 11.4. The maximum atomic E-state index is 11.4. The Hall–Kier alpha value is -3.67. The van der Waals surface area contributed by atoms with Crippen LogP contribution in [0.15, 0.2) is 60.9 Å². The average molecular weight is 358 g/mol. The second-order valence-electron chi connectivity index (χ2n) is 6.33. The van der Waals surface area contributed by atoms with Gasteiger partial charge in [0, 0.05) is 30.4 Å². The molecular weight excluding hydrogens is 340 g/mol. The molecule has 2 aromatic heterocycles. The molecule has 1 amide bonds. The average Bonchev–Trinajstić information content (AvgIpc) is 3.04. The molecule has 0 unspecified atom stereocenters. The van der Waals surface area contributed by atoms with Gasteiger partial charge in [0.1, 0.15) is 11.5 Å². The highest BCUT2D eigenvalue weighted by atomic mass is 16.5. The van der Waals surface area contributed by atoms with E-state index in [1.165, 1.54) is 0 Å². The van der Waals surface area contributed by atoms with Gasteiger partial charge in [-0.15, -0.1) is 0 Å². The molecule has 27 heavy (non-hydrogen) atoms. The lowest BCUT2D eigenvalue weighted by Crippen LogP contribution is -2.12. The maximum Gasteiger partial charge on any atom is 0.248 e. The highest BCUT2D eigenvalue weighted by Gasteiger charge is 2.10. The molecule has 0 bridgehead atoms. The minimum absolute atomic E-state index is 0.436. The highest BCUT2D eigenvalue weighted by molar-refractivity contribution is 5.94. The Bertz CT molecular complexity index is 1160. The summed E-state index contributed by atoms with van der Waals surface area (Å²) in [6.07, 6.45) is 3.49. The molecule has 4 aromatic rings. The van der Waals surface area contributed by atoms with Crippen molar-refractivity contribution in [3.8, 4) is 22.8 Å². The molecule has 0 atom stereocenters. The molecule has 134 valence electrons. The molecule has 0 aliphatic heterocycles. The van der Waals surface area contributed by atoms with Crippen molar-refractivity contribution >= 4 is 16.8 Å². The van der Waals surface area contributed by atoms with E-state index in [0.717, 1.165) is 33.5 Å². The van der Waals surface area contributed by atoms with E-state index >= 15 is 0 Å². The minimum atomic E-state index is -0.436. The number of carbonyl (C=O) groups excluding carboxylic acids is 1. The number of aryl methyl sites for hydroxylation is 2. The van der Waals surface area contributed by atoms with Crippen molar-refractivity contribution in [1.29, 1.82) is 0 Å². The van der Waals surface area contributed by atoms with Gasteiger partial charge in [0.15, 0.2) is 0 Å². The Balaban J connectivity index is 1.68. The number of nitrogens with zero attached hydrogens (tertiary/aromatic N) is 3. The van der Waals surface area contributed by atoms with Crippen LogP contribution in [0.5, 0.6) is 11.5 Å². The lowest BCUT2D eigenvalue weighted by atomic mass is 10.0. The first-order valence-electron chi connectivity index (χ1n) is 8.48. The summed E-state index contributed by atoms with van der Waals surface area (Å²) < 4.78 is 7.90. The number of pyridine rings is 1. The van der Waals surface area contributed by atoms with Gasteiger partial charge in [-0.1, -0.05) is 12.1 Å². The van der Waals surface area contributed by atoms with E-state index in [4.69, 9.17) is 10.5 Å². The number of ether oxygens (including phenoxy) is 1. The first-order chi connectivity index (χ1) is 13.0. The van der Waals surface area contributed by atoms with Gasteiger partial charge in [-0.2, -0.15) is 5.10 Å². The smallest absolute Gasteiger partial charge is 0.248 e. The number of aromatic nitrogens is 3. The molecule has 2 heterocycles. The topological polar surface area (TPSA) is 83.0 Å². The number of fused-ring (bicyclic) bond motifs is 1. The minimum Gasteiger partial charge on any atom is -0.456 e. The van der Waals surface area contributed by atoms with Crippen LogP contribution in [0.4, 0.5) is 0 Å². The molecular formula is C21H18N4O2. The van der Waals surface area contributed by atoms with Gasteiger partial charge in [-0.25, -0.2) is 0 Å². The second kappa shape index (κ2) is 6.57. The van der Waals surface area contributed by atoms with Crippen LogP contribution in [-0.2, 0) is 7.05 Å². The van der Waals surface area contributed by atoms with Crippen molar-refractivity contribution in [2.75, 3.05) is 0 Å². The van der Waals surface area contributed by atoms with Crippen LogP contribution >= 0.6 is 0 Å². The Morgan fingerprint density at radius 3 is 2.78 bits per heavy atom. The van der Waals surface area contributed by atoms with Crippen molar-refractivity contribution in [2.45, 2.75) is 6.92 Å². The monoisotopic (exact) mass is 358 g/mol. The van der Waals surface area contributed by atoms with E-state index in [-0.39, 0.29) is 0 Å². The molecule has 6 heteroatoms. The van der Waals surface area contributed by atoms with Crippen LogP contribution in [0, 0.1) is 6.92 Å². The molecule has 0 fully saturated rings. The third-order valence-corrected chi connectivity index (χ3v) is 4.50. The van der Waals surface area contributed by atoms with Crippen LogP contribution < -0.4 is 10.5 Å². The molecule has 2 N–H and O–H groups in total. The summed E-state index contributed by atoms with van der Waals surface area (Å²) >= 11 is 0.